The molecule has 20 heavy (non-hydrogen) atoms. The Kier molecular flexibility index (Phi) is 3.41. The fourth-order valence-electron chi connectivity index (χ4n) is 1.65. The molecule has 0 fully saturated rings. The number of hydrogen-bond acceptors (Lipinski definition) is 7. The number of rotatable bonds is 4. The van der Waals surface area contributed by atoms with Gasteiger partial charge >= 0.3 is 5.69 Å². The zero-order valence-electron chi connectivity index (χ0n) is 11.3. The fourth-order valence-corrected chi connectivity index (χ4v) is 1.65. The minimum Gasteiger partial charge on any atom is -0.490 e. The number of hydrogen-bond donors (Lipinski definition) is 1. The Labute approximate surface area is 114 Å². The second kappa shape index (κ2) is 4.89. The molecule has 1 aromatic carbocycles. The van der Waals surface area contributed by atoms with Gasteiger partial charge in [0, 0.05) is 6.07 Å². The molecule has 1 aromatic heterocycles. The first-order valence-electron chi connectivity index (χ1n) is 5.79. The molecule has 0 aliphatic carbocycles. The van der Waals surface area contributed by atoms with E-state index in [-0.39, 0.29) is 17.3 Å². The van der Waals surface area contributed by atoms with E-state index in [1.807, 2.05) is 0 Å². The van der Waals surface area contributed by atoms with Crippen LogP contribution in [0.25, 0.3) is 11.5 Å². The normalized spacial score (nSPS) is 11.4. The molecule has 0 aliphatic rings. The monoisotopic (exact) mass is 278 g/mol. The number of nitro groups is 1. The highest BCUT2D eigenvalue weighted by atomic mass is 16.6. The smallest absolute Gasteiger partial charge is 0.311 e. The van der Waals surface area contributed by atoms with Gasteiger partial charge in [0.25, 0.3) is 5.89 Å². The maximum Gasteiger partial charge on any atom is 0.311 e. The molecule has 106 valence electrons. The number of methoxy groups -OCH3 is 1. The predicted octanol–water partition coefficient (Wildman–Crippen LogP) is 1.85. The average Bonchev–Trinajstić information content (AvgIpc) is 2.86. The number of benzene rings is 1. The van der Waals surface area contributed by atoms with Crippen molar-refractivity contribution in [3.63, 3.8) is 0 Å². The molecule has 0 unspecified atom stereocenters. The third-order valence-electron chi connectivity index (χ3n) is 2.63. The number of para-hydroxylation sites is 1. The molecule has 0 aliphatic heterocycles. The summed E-state index contributed by atoms with van der Waals surface area (Å²) in [4.78, 5) is 14.6. The topological polar surface area (TPSA) is 117 Å². The summed E-state index contributed by atoms with van der Waals surface area (Å²) in [6, 6.07) is 4.46. The Morgan fingerprint density at radius 3 is 2.65 bits per heavy atom. The highest BCUT2D eigenvalue weighted by Crippen LogP contribution is 2.37. The molecule has 0 bridgehead atoms. The molecule has 2 N–H and O–H groups in total. The predicted molar refractivity (Wildman–Crippen MR) is 70.2 cm³/mol. The van der Waals surface area contributed by atoms with Crippen LogP contribution in [0.4, 0.5) is 5.69 Å². The Bertz CT molecular complexity index is 645. The van der Waals surface area contributed by atoms with Gasteiger partial charge in [-0.25, -0.2) is 0 Å². The van der Waals surface area contributed by atoms with Crippen molar-refractivity contribution in [3.05, 3.63) is 34.1 Å². The van der Waals surface area contributed by atoms with E-state index in [4.69, 9.17) is 15.0 Å². The van der Waals surface area contributed by atoms with E-state index in [2.05, 4.69) is 10.1 Å². The summed E-state index contributed by atoms with van der Waals surface area (Å²) in [5.41, 5.74) is 5.29. The van der Waals surface area contributed by atoms with E-state index in [9.17, 15) is 10.1 Å². The first-order chi connectivity index (χ1) is 9.34. The number of ether oxygens (including phenoxy) is 1. The Balaban J connectivity index is 2.56. The van der Waals surface area contributed by atoms with E-state index in [0.29, 0.717) is 11.4 Å². The van der Waals surface area contributed by atoms with E-state index in [1.54, 1.807) is 19.9 Å². The van der Waals surface area contributed by atoms with Crippen molar-refractivity contribution in [2.75, 3.05) is 7.11 Å². The van der Waals surface area contributed by atoms with Crippen LogP contribution in [0.1, 0.15) is 19.7 Å². The Hall–Kier alpha value is -2.48. The van der Waals surface area contributed by atoms with Crippen LogP contribution in [-0.2, 0) is 5.54 Å². The van der Waals surface area contributed by atoms with Gasteiger partial charge in [-0.2, -0.15) is 4.98 Å². The van der Waals surface area contributed by atoms with E-state index in [0.717, 1.165) is 0 Å². The molecule has 8 heteroatoms. The van der Waals surface area contributed by atoms with Crippen LogP contribution < -0.4 is 10.5 Å². The maximum atomic E-state index is 11.0. The van der Waals surface area contributed by atoms with Crippen LogP contribution in [-0.4, -0.2) is 22.2 Å². The van der Waals surface area contributed by atoms with Crippen LogP contribution in [0.3, 0.4) is 0 Å². The summed E-state index contributed by atoms with van der Waals surface area (Å²) in [6.45, 7) is 3.46. The van der Waals surface area contributed by atoms with Crippen molar-refractivity contribution in [2.24, 2.45) is 5.73 Å². The lowest BCUT2D eigenvalue weighted by Crippen LogP contribution is -2.30. The highest BCUT2D eigenvalue weighted by Gasteiger charge is 2.26. The van der Waals surface area contributed by atoms with Gasteiger partial charge in [0.05, 0.1) is 23.1 Å². The third-order valence-corrected chi connectivity index (χ3v) is 2.63. The molecule has 0 atom stereocenters. The molecule has 0 spiro atoms. The molecular weight excluding hydrogens is 264 g/mol. The van der Waals surface area contributed by atoms with Gasteiger partial charge < -0.3 is 15.0 Å². The quantitative estimate of drug-likeness (QED) is 0.669. The minimum absolute atomic E-state index is 0.0718. The molecule has 2 aromatic rings. The van der Waals surface area contributed by atoms with Gasteiger partial charge in [-0.05, 0) is 19.9 Å². The van der Waals surface area contributed by atoms with Crippen LogP contribution in [0.2, 0.25) is 0 Å². The van der Waals surface area contributed by atoms with Crippen molar-refractivity contribution < 1.29 is 14.2 Å². The first-order valence-corrected chi connectivity index (χ1v) is 5.79. The van der Waals surface area contributed by atoms with E-state index < -0.39 is 10.5 Å². The summed E-state index contributed by atoms with van der Waals surface area (Å²) >= 11 is 0. The SMILES string of the molecule is COc1c(-c2nc(C(C)(C)N)no2)cccc1[N+](=O)[O-]. The van der Waals surface area contributed by atoms with Crippen molar-refractivity contribution in [3.8, 4) is 17.2 Å². The van der Waals surface area contributed by atoms with Gasteiger partial charge in [-0.15, -0.1) is 0 Å². The summed E-state index contributed by atoms with van der Waals surface area (Å²) in [5.74, 6) is 0.502. The zero-order valence-corrected chi connectivity index (χ0v) is 11.3. The van der Waals surface area contributed by atoms with E-state index >= 15 is 0 Å². The van der Waals surface area contributed by atoms with Crippen LogP contribution in [0.15, 0.2) is 22.7 Å². The lowest BCUT2D eigenvalue weighted by Gasteiger charge is -2.11. The fraction of sp³-hybridized carbons (Fsp3) is 0.333. The summed E-state index contributed by atoms with van der Waals surface area (Å²) in [5, 5.41) is 14.7. The standard InChI is InChI=1S/C12H14N4O4/c1-12(2,13)11-14-10(20-15-11)7-5-4-6-8(16(17)18)9(7)19-3/h4-6H,13H2,1-3H3. The van der Waals surface area contributed by atoms with Gasteiger partial charge in [-0.1, -0.05) is 11.2 Å². The molecule has 8 nitrogen and oxygen atoms in total. The lowest BCUT2D eigenvalue weighted by molar-refractivity contribution is -0.385. The van der Waals surface area contributed by atoms with Crippen molar-refractivity contribution in [2.45, 2.75) is 19.4 Å². The molecule has 0 saturated carbocycles. The van der Waals surface area contributed by atoms with Gasteiger partial charge in [0.2, 0.25) is 5.75 Å². The minimum atomic E-state index is -0.768. The zero-order chi connectivity index (χ0) is 14.9. The van der Waals surface area contributed by atoms with Crippen molar-refractivity contribution in [1.82, 2.24) is 10.1 Å². The molecular formula is C12H14N4O4. The number of aromatic nitrogens is 2. The lowest BCUT2D eigenvalue weighted by atomic mass is 10.1. The number of nitrogens with zero attached hydrogens (tertiary/aromatic N) is 3. The van der Waals surface area contributed by atoms with Crippen molar-refractivity contribution in [1.29, 1.82) is 0 Å². The van der Waals surface area contributed by atoms with E-state index in [1.165, 1.54) is 19.2 Å². The highest BCUT2D eigenvalue weighted by molar-refractivity contribution is 5.69. The maximum absolute atomic E-state index is 11.0. The number of nitro benzene ring substituents is 1. The average molecular weight is 278 g/mol. The van der Waals surface area contributed by atoms with Crippen LogP contribution in [0.5, 0.6) is 5.75 Å². The molecule has 2 rings (SSSR count). The summed E-state index contributed by atoms with van der Waals surface area (Å²) in [6.07, 6.45) is 0. The van der Waals surface area contributed by atoms with Crippen LogP contribution >= 0.6 is 0 Å². The van der Waals surface area contributed by atoms with Crippen LogP contribution in [0, 0.1) is 10.1 Å². The summed E-state index contributed by atoms with van der Waals surface area (Å²) < 4.78 is 10.2. The first kappa shape index (κ1) is 13.9. The second-order valence-corrected chi connectivity index (χ2v) is 4.76. The molecule has 1 heterocycles. The second-order valence-electron chi connectivity index (χ2n) is 4.76. The third kappa shape index (κ3) is 2.45. The van der Waals surface area contributed by atoms with Gasteiger partial charge in [0.1, 0.15) is 0 Å². The molecule has 0 radical (unpaired) electrons. The number of nitrogens with two attached hydrogens (primary N) is 1. The van der Waals surface area contributed by atoms with Crippen molar-refractivity contribution >= 4 is 5.69 Å². The molecule has 0 amide bonds. The Morgan fingerprint density at radius 1 is 1.45 bits per heavy atom. The van der Waals surface area contributed by atoms with Gasteiger partial charge in [-0.3, -0.25) is 10.1 Å². The largest absolute Gasteiger partial charge is 0.490 e. The van der Waals surface area contributed by atoms with Gasteiger partial charge in [0.15, 0.2) is 5.82 Å². The molecule has 0 saturated heterocycles. The Morgan fingerprint density at radius 2 is 2.15 bits per heavy atom. The summed E-state index contributed by atoms with van der Waals surface area (Å²) in [7, 11) is 1.34.